The van der Waals surface area contributed by atoms with Gasteiger partial charge in [0.05, 0.1) is 24.6 Å². The molecule has 0 unspecified atom stereocenters. The van der Waals surface area contributed by atoms with Gasteiger partial charge in [-0.2, -0.15) is 5.10 Å². The summed E-state index contributed by atoms with van der Waals surface area (Å²) in [5, 5.41) is 4.86. The van der Waals surface area contributed by atoms with Crippen molar-refractivity contribution >= 4 is 5.82 Å². The number of benzene rings is 2. The third-order valence-corrected chi connectivity index (χ3v) is 4.10. The molecule has 0 bridgehead atoms. The van der Waals surface area contributed by atoms with Gasteiger partial charge in [-0.3, -0.25) is 0 Å². The van der Waals surface area contributed by atoms with Crippen molar-refractivity contribution in [1.82, 2.24) is 9.78 Å². The molecule has 116 valence electrons. The van der Waals surface area contributed by atoms with Gasteiger partial charge in [0.25, 0.3) is 0 Å². The van der Waals surface area contributed by atoms with E-state index in [4.69, 9.17) is 9.84 Å². The molecule has 23 heavy (non-hydrogen) atoms. The van der Waals surface area contributed by atoms with Crippen LogP contribution in [-0.2, 0) is 4.74 Å². The van der Waals surface area contributed by atoms with Crippen molar-refractivity contribution in [1.29, 1.82) is 0 Å². The standard InChI is InChI=1S/C19H19N3O/c1-3-7-16(8-4-1)18-15-19(21-11-13-23-14-12-21)22(20-18)17-9-5-2-6-10-17/h1-10,15H,11-14H2. The van der Waals surface area contributed by atoms with E-state index in [1.807, 2.05) is 41.1 Å². The minimum Gasteiger partial charge on any atom is -0.378 e. The molecular formula is C19H19N3O. The minimum absolute atomic E-state index is 0.765. The summed E-state index contributed by atoms with van der Waals surface area (Å²) in [6.07, 6.45) is 0. The lowest BCUT2D eigenvalue weighted by Crippen LogP contribution is -2.37. The molecule has 4 nitrogen and oxygen atoms in total. The van der Waals surface area contributed by atoms with Crippen LogP contribution in [0.3, 0.4) is 0 Å². The molecule has 1 aromatic heterocycles. The maximum absolute atomic E-state index is 5.49. The molecule has 0 aliphatic carbocycles. The third-order valence-electron chi connectivity index (χ3n) is 4.10. The lowest BCUT2D eigenvalue weighted by atomic mass is 10.1. The average Bonchev–Trinajstić information content (AvgIpc) is 3.09. The molecule has 1 aliphatic heterocycles. The van der Waals surface area contributed by atoms with Crippen LogP contribution in [0.1, 0.15) is 0 Å². The van der Waals surface area contributed by atoms with Crippen LogP contribution in [0.2, 0.25) is 0 Å². The van der Waals surface area contributed by atoms with Gasteiger partial charge in [0, 0.05) is 24.7 Å². The smallest absolute Gasteiger partial charge is 0.133 e. The Bertz CT molecular complexity index is 762. The lowest BCUT2D eigenvalue weighted by molar-refractivity contribution is 0.122. The predicted octanol–water partition coefficient (Wildman–Crippen LogP) is 3.38. The second-order valence-corrected chi connectivity index (χ2v) is 5.60. The first-order valence-electron chi connectivity index (χ1n) is 7.95. The molecule has 2 heterocycles. The van der Waals surface area contributed by atoms with Crippen molar-refractivity contribution in [3.8, 4) is 16.9 Å². The van der Waals surface area contributed by atoms with Crippen LogP contribution in [0.5, 0.6) is 0 Å². The Kier molecular flexibility index (Phi) is 3.82. The zero-order valence-corrected chi connectivity index (χ0v) is 12.9. The predicted molar refractivity (Wildman–Crippen MR) is 92.0 cm³/mol. The molecule has 4 heteroatoms. The molecule has 0 amide bonds. The summed E-state index contributed by atoms with van der Waals surface area (Å²) < 4.78 is 7.52. The molecule has 0 spiro atoms. The Hall–Kier alpha value is -2.59. The molecule has 1 fully saturated rings. The highest BCUT2D eigenvalue weighted by Gasteiger charge is 2.19. The van der Waals surface area contributed by atoms with Gasteiger partial charge in [0.2, 0.25) is 0 Å². The fourth-order valence-electron chi connectivity index (χ4n) is 2.90. The number of ether oxygens (including phenoxy) is 1. The van der Waals surface area contributed by atoms with E-state index in [2.05, 4.69) is 35.2 Å². The Labute approximate surface area is 135 Å². The van der Waals surface area contributed by atoms with E-state index in [1.165, 1.54) is 0 Å². The molecule has 0 N–H and O–H groups in total. The van der Waals surface area contributed by atoms with Crippen molar-refractivity contribution < 1.29 is 4.74 Å². The molecule has 1 saturated heterocycles. The SMILES string of the molecule is c1ccc(-c2cc(N3CCOCC3)n(-c3ccccc3)n2)cc1. The fourth-order valence-corrected chi connectivity index (χ4v) is 2.90. The highest BCUT2D eigenvalue weighted by Crippen LogP contribution is 2.27. The third kappa shape index (κ3) is 2.85. The zero-order valence-electron chi connectivity index (χ0n) is 12.9. The second-order valence-electron chi connectivity index (χ2n) is 5.60. The topological polar surface area (TPSA) is 30.3 Å². The summed E-state index contributed by atoms with van der Waals surface area (Å²) in [6, 6.07) is 22.8. The van der Waals surface area contributed by atoms with Gasteiger partial charge in [-0.15, -0.1) is 0 Å². The molecular weight excluding hydrogens is 286 g/mol. The first kappa shape index (κ1) is 14.0. The van der Waals surface area contributed by atoms with Gasteiger partial charge in [0.1, 0.15) is 5.82 Å². The Balaban J connectivity index is 1.80. The van der Waals surface area contributed by atoms with E-state index in [0.29, 0.717) is 0 Å². The Morgan fingerprint density at radius 1 is 0.826 bits per heavy atom. The zero-order chi connectivity index (χ0) is 15.5. The van der Waals surface area contributed by atoms with E-state index >= 15 is 0 Å². The quantitative estimate of drug-likeness (QED) is 0.743. The summed E-state index contributed by atoms with van der Waals surface area (Å²) in [5.41, 5.74) is 3.21. The number of hydrogen-bond acceptors (Lipinski definition) is 3. The molecule has 4 rings (SSSR count). The summed E-state index contributed by atoms with van der Waals surface area (Å²) in [6.45, 7) is 3.32. The number of para-hydroxylation sites is 1. The normalized spacial score (nSPS) is 14.9. The summed E-state index contributed by atoms with van der Waals surface area (Å²) in [4.78, 5) is 2.34. The van der Waals surface area contributed by atoms with E-state index in [1.54, 1.807) is 0 Å². The van der Waals surface area contributed by atoms with E-state index in [-0.39, 0.29) is 0 Å². The lowest BCUT2D eigenvalue weighted by Gasteiger charge is -2.28. The molecule has 3 aromatic rings. The number of rotatable bonds is 3. The van der Waals surface area contributed by atoms with Crippen LogP contribution in [0.15, 0.2) is 66.7 Å². The molecule has 2 aromatic carbocycles. The van der Waals surface area contributed by atoms with Gasteiger partial charge in [0.15, 0.2) is 0 Å². The fraction of sp³-hybridized carbons (Fsp3) is 0.211. The largest absolute Gasteiger partial charge is 0.378 e. The summed E-state index contributed by atoms with van der Waals surface area (Å²) in [5.74, 6) is 1.12. The second kappa shape index (κ2) is 6.26. The number of anilines is 1. The van der Waals surface area contributed by atoms with E-state index < -0.39 is 0 Å². The van der Waals surface area contributed by atoms with Crippen molar-refractivity contribution in [3.63, 3.8) is 0 Å². The number of hydrogen-bond donors (Lipinski definition) is 0. The highest BCUT2D eigenvalue weighted by atomic mass is 16.5. The highest BCUT2D eigenvalue weighted by molar-refractivity contribution is 5.65. The maximum Gasteiger partial charge on any atom is 0.133 e. The molecule has 0 radical (unpaired) electrons. The Morgan fingerprint density at radius 2 is 1.48 bits per heavy atom. The van der Waals surface area contributed by atoms with Gasteiger partial charge in [-0.1, -0.05) is 48.5 Å². The summed E-state index contributed by atoms with van der Waals surface area (Å²) in [7, 11) is 0. The minimum atomic E-state index is 0.765. The van der Waals surface area contributed by atoms with Gasteiger partial charge in [-0.25, -0.2) is 4.68 Å². The van der Waals surface area contributed by atoms with Crippen molar-refractivity contribution in [2.45, 2.75) is 0 Å². The maximum atomic E-state index is 5.49. The van der Waals surface area contributed by atoms with Gasteiger partial charge >= 0.3 is 0 Å². The van der Waals surface area contributed by atoms with Gasteiger partial charge in [-0.05, 0) is 12.1 Å². The summed E-state index contributed by atoms with van der Waals surface area (Å²) >= 11 is 0. The average molecular weight is 305 g/mol. The first-order valence-corrected chi connectivity index (χ1v) is 7.95. The van der Waals surface area contributed by atoms with Gasteiger partial charge < -0.3 is 9.64 Å². The molecule has 0 saturated carbocycles. The number of aromatic nitrogens is 2. The van der Waals surface area contributed by atoms with Crippen LogP contribution >= 0.6 is 0 Å². The Morgan fingerprint density at radius 3 is 2.17 bits per heavy atom. The van der Waals surface area contributed by atoms with Crippen LogP contribution in [0, 0.1) is 0 Å². The van der Waals surface area contributed by atoms with Crippen molar-refractivity contribution in [2.75, 3.05) is 31.2 Å². The van der Waals surface area contributed by atoms with Crippen LogP contribution in [-0.4, -0.2) is 36.1 Å². The number of nitrogens with zero attached hydrogens (tertiary/aromatic N) is 3. The van der Waals surface area contributed by atoms with Crippen LogP contribution < -0.4 is 4.90 Å². The van der Waals surface area contributed by atoms with Crippen molar-refractivity contribution in [3.05, 3.63) is 66.7 Å². The number of morpholine rings is 1. The van der Waals surface area contributed by atoms with E-state index in [9.17, 15) is 0 Å². The van der Waals surface area contributed by atoms with Crippen LogP contribution in [0.4, 0.5) is 5.82 Å². The monoisotopic (exact) mass is 305 g/mol. The first-order chi connectivity index (χ1) is 11.4. The molecule has 0 atom stereocenters. The van der Waals surface area contributed by atoms with Crippen LogP contribution in [0.25, 0.3) is 16.9 Å². The van der Waals surface area contributed by atoms with E-state index in [0.717, 1.165) is 49.1 Å². The molecule has 1 aliphatic rings. The van der Waals surface area contributed by atoms with Crippen molar-refractivity contribution in [2.24, 2.45) is 0 Å².